The summed E-state index contributed by atoms with van der Waals surface area (Å²) < 4.78 is 0. The number of aliphatic carboxylic acids is 1. The fourth-order valence-electron chi connectivity index (χ4n) is 12.1. The molecule has 5 aliphatic carbocycles. The number of carboxylic acid groups (broad SMARTS) is 1. The van der Waals surface area contributed by atoms with Gasteiger partial charge in [0.05, 0.1) is 5.92 Å². The highest BCUT2D eigenvalue weighted by Crippen LogP contribution is 2.88. The number of carbonyl (C=O) groups is 5. The fraction of sp³-hybridized carbons (Fsp3) is 0.884. The molecule has 2 saturated heterocycles. The maximum absolute atomic E-state index is 15.2. The van der Waals surface area contributed by atoms with Gasteiger partial charge in [0.15, 0.2) is 0 Å². The maximum atomic E-state index is 15.2. The second-order valence-corrected chi connectivity index (χ2v) is 20.4. The van der Waals surface area contributed by atoms with E-state index in [0.29, 0.717) is 31.3 Å². The van der Waals surface area contributed by atoms with Crippen LogP contribution in [0.25, 0.3) is 0 Å². The number of carbonyl (C=O) groups excluding carboxylic acids is 4. The maximum Gasteiger partial charge on any atom is 0.326 e. The monoisotopic (exact) mass is 752 g/mol. The van der Waals surface area contributed by atoms with E-state index < -0.39 is 35.6 Å². The van der Waals surface area contributed by atoms with Crippen LogP contribution in [-0.2, 0) is 24.0 Å². The summed E-state index contributed by atoms with van der Waals surface area (Å²) in [6, 6.07) is -2.89. The molecule has 2 heterocycles. The lowest BCUT2D eigenvalue weighted by Crippen LogP contribution is -2.62. The van der Waals surface area contributed by atoms with Gasteiger partial charge < -0.3 is 26.0 Å². The van der Waals surface area contributed by atoms with Crippen LogP contribution >= 0.6 is 0 Å². The Balaban J connectivity index is 1.12. The smallest absolute Gasteiger partial charge is 0.326 e. The number of fused-ring (bicyclic) bond motifs is 1. The summed E-state index contributed by atoms with van der Waals surface area (Å²) in [4.78, 5) is 74.5. The number of rotatable bonds is 12. The lowest BCUT2D eigenvalue weighted by atomic mass is 9.73. The van der Waals surface area contributed by atoms with Gasteiger partial charge in [-0.15, -0.1) is 0 Å². The van der Waals surface area contributed by atoms with E-state index in [4.69, 9.17) is 0 Å². The van der Waals surface area contributed by atoms with Gasteiger partial charge in [0.1, 0.15) is 24.2 Å². The molecule has 11 heteroatoms. The highest BCUT2D eigenvalue weighted by Gasteiger charge is 2.85. The predicted octanol–water partition coefficient (Wildman–Crippen LogP) is 5.40. The quantitative estimate of drug-likeness (QED) is 0.209. The van der Waals surface area contributed by atoms with Gasteiger partial charge >= 0.3 is 5.97 Å². The standard InChI is InChI=1S/C43H69N5O6/c1-40(2,3)34(46-35(49)29-17-11-22-47(25-29)30-18-10-19-30)37(51)45-33(28-15-7-6-8-16-28)38(52)48-26-43(41(4,5)42(43)20-12-21-42)24-32(48)36(50)44-31(39(53)54)23-27-13-9-14-27/h27-34H,6-26H2,1-5H3,(H,44,50)(H,45,51)(H,46,49)(H,53,54)/t29-,31+,32-,33+,34+,43-/m0/s1. The highest BCUT2D eigenvalue weighted by molar-refractivity contribution is 5.96. The molecule has 0 aromatic rings. The number of hydrogen-bond donors (Lipinski definition) is 4. The van der Waals surface area contributed by atoms with Crippen LogP contribution in [0.15, 0.2) is 0 Å². The van der Waals surface area contributed by atoms with Crippen molar-refractivity contribution in [3.05, 3.63) is 0 Å². The molecule has 11 nitrogen and oxygen atoms in total. The summed E-state index contributed by atoms with van der Waals surface area (Å²) in [6.07, 6.45) is 17.3. The van der Waals surface area contributed by atoms with Crippen molar-refractivity contribution in [3.63, 3.8) is 0 Å². The molecule has 2 spiro atoms. The Morgan fingerprint density at radius 2 is 1.46 bits per heavy atom. The topological polar surface area (TPSA) is 148 Å². The number of piperidine rings is 1. The van der Waals surface area contributed by atoms with Crippen molar-refractivity contribution in [2.45, 2.75) is 180 Å². The van der Waals surface area contributed by atoms with Crippen molar-refractivity contribution < 1.29 is 29.1 Å². The molecule has 2 aliphatic heterocycles. The van der Waals surface area contributed by atoms with Crippen molar-refractivity contribution in [1.29, 1.82) is 0 Å². The third kappa shape index (κ3) is 6.99. The van der Waals surface area contributed by atoms with Gasteiger partial charge in [-0.1, -0.05) is 86.0 Å². The Kier molecular flexibility index (Phi) is 11.0. The summed E-state index contributed by atoms with van der Waals surface area (Å²) in [5.41, 5.74) is -0.811. The third-order valence-corrected chi connectivity index (χ3v) is 16.3. The van der Waals surface area contributed by atoms with E-state index in [-0.39, 0.29) is 51.7 Å². The van der Waals surface area contributed by atoms with Gasteiger partial charge in [-0.25, -0.2) is 4.79 Å². The van der Waals surface area contributed by atoms with Gasteiger partial charge in [-0.05, 0) is 98.8 Å². The average molecular weight is 752 g/mol. The Morgan fingerprint density at radius 3 is 2.00 bits per heavy atom. The molecular formula is C43H69N5O6. The van der Waals surface area contributed by atoms with Crippen LogP contribution in [-0.4, -0.2) is 94.3 Å². The lowest BCUT2D eigenvalue weighted by Gasteiger charge is -2.42. The number of amides is 4. The lowest BCUT2D eigenvalue weighted by molar-refractivity contribution is -0.146. The summed E-state index contributed by atoms with van der Waals surface area (Å²) >= 11 is 0. The van der Waals surface area contributed by atoms with Crippen LogP contribution in [0.1, 0.15) is 150 Å². The van der Waals surface area contributed by atoms with Crippen molar-refractivity contribution in [1.82, 2.24) is 25.8 Å². The van der Waals surface area contributed by atoms with Gasteiger partial charge in [-0.2, -0.15) is 0 Å². The minimum atomic E-state index is -1.03. The van der Waals surface area contributed by atoms with E-state index >= 15 is 4.79 Å². The molecule has 5 saturated carbocycles. The van der Waals surface area contributed by atoms with Crippen LogP contribution in [0.3, 0.4) is 0 Å². The Hall–Kier alpha value is -2.69. The van der Waals surface area contributed by atoms with Gasteiger partial charge in [0.25, 0.3) is 0 Å². The van der Waals surface area contributed by atoms with Gasteiger partial charge in [-0.3, -0.25) is 24.1 Å². The molecule has 302 valence electrons. The van der Waals surface area contributed by atoms with Crippen molar-refractivity contribution >= 4 is 29.6 Å². The van der Waals surface area contributed by atoms with Crippen molar-refractivity contribution in [2.75, 3.05) is 19.6 Å². The molecule has 4 amide bonds. The fourth-order valence-corrected chi connectivity index (χ4v) is 12.1. The number of carboxylic acids is 1. The van der Waals surface area contributed by atoms with E-state index in [2.05, 4.69) is 34.7 Å². The zero-order chi connectivity index (χ0) is 38.6. The van der Waals surface area contributed by atoms with E-state index in [1.54, 1.807) is 4.90 Å². The van der Waals surface area contributed by atoms with Crippen LogP contribution in [0.5, 0.6) is 0 Å². The number of hydrogen-bond acceptors (Lipinski definition) is 6. The third-order valence-electron chi connectivity index (χ3n) is 16.3. The highest BCUT2D eigenvalue weighted by atomic mass is 16.4. The normalized spacial score (nSPS) is 31.4. The molecule has 0 aromatic heterocycles. The second-order valence-electron chi connectivity index (χ2n) is 20.4. The molecule has 0 bridgehead atoms. The van der Waals surface area contributed by atoms with E-state index in [9.17, 15) is 24.3 Å². The Bertz CT molecular complexity index is 1460. The van der Waals surface area contributed by atoms with Gasteiger partial charge in [0, 0.05) is 24.5 Å². The molecule has 54 heavy (non-hydrogen) atoms. The molecule has 0 radical (unpaired) electrons. The van der Waals surface area contributed by atoms with Crippen molar-refractivity contribution in [3.8, 4) is 0 Å². The number of likely N-dealkylation sites (tertiary alicyclic amines) is 2. The van der Waals surface area contributed by atoms with Crippen LogP contribution < -0.4 is 16.0 Å². The van der Waals surface area contributed by atoms with E-state index in [1.165, 1.54) is 19.3 Å². The minimum absolute atomic E-state index is 0.0531. The largest absolute Gasteiger partial charge is 0.480 e. The SMILES string of the molecule is CC(C)(C)[C@H](NC(=O)[C@H]1CCCN(C2CCC2)C1)C(=O)N[C@@H](C(=O)N1C[C@@]2(C[C@H]1C(=O)N[C@H](CC1CCC1)C(=O)O)C(C)(C)C21CCC1)C1CCCCC1. The zero-order valence-electron chi connectivity index (χ0n) is 33.9. The summed E-state index contributed by atoms with van der Waals surface area (Å²) in [6.45, 7) is 12.6. The summed E-state index contributed by atoms with van der Waals surface area (Å²) in [7, 11) is 0. The first-order valence-electron chi connectivity index (χ1n) is 21.8. The summed E-state index contributed by atoms with van der Waals surface area (Å²) in [5.74, 6) is -2.07. The number of nitrogens with zero attached hydrogens (tertiary/aromatic N) is 2. The van der Waals surface area contributed by atoms with Gasteiger partial charge in [0.2, 0.25) is 23.6 Å². The first-order chi connectivity index (χ1) is 25.6. The van der Waals surface area contributed by atoms with Crippen molar-refractivity contribution in [2.24, 2.45) is 39.4 Å². The van der Waals surface area contributed by atoms with Crippen LogP contribution in [0.4, 0.5) is 0 Å². The molecule has 7 fully saturated rings. The minimum Gasteiger partial charge on any atom is -0.480 e. The first-order valence-corrected chi connectivity index (χ1v) is 21.8. The second kappa shape index (κ2) is 15.0. The Labute approximate surface area is 323 Å². The van der Waals surface area contributed by atoms with Crippen LogP contribution in [0.2, 0.25) is 0 Å². The molecule has 6 atom stereocenters. The predicted molar refractivity (Wildman–Crippen MR) is 206 cm³/mol. The average Bonchev–Trinajstić information content (AvgIpc) is 3.28. The zero-order valence-corrected chi connectivity index (χ0v) is 33.9. The molecule has 0 unspecified atom stereocenters. The molecule has 0 aromatic carbocycles. The van der Waals surface area contributed by atoms with Crippen LogP contribution in [0, 0.1) is 39.4 Å². The van der Waals surface area contributed by atoms with E-state index in [1.807, 2.05) is 20.8 Å². The van der Waals surface area contributed by atoms with E-state index in [0.717, 1.165) is 96.6 Å². The molecule has 7 aliphatic rings. The Morgan fingerprint density at radius 1 is 0.778 bits per heavy atom. The molecule has 4 N–H and O–H groups in total. The number of nitrogens with one attached hydrogen (secondary N) is 3. The molecule has 7 rings (SSSR count). The first kappa shape index (κ1) is 39.5. The summed E-state index contributed by atoms with van der Waals surface area (Å²) in [5, 5.41) is 19.4. The molecular weight excluding hydrogens is 683 g/mol.